The molecule has 3 N–H and O–H groups in total. The zero-order valence-electron chi connectivity index (χ0n) is 31.3. The highest BCUT2D eigenvalue weighted by Gasteiger charge is 2.45. The van der Waals surface area contributed by atoms with E-state index in [0.29, 0.717) is 18.9 Å². The molecule has 57 heavy (non-hydrogen) atoms. The standard InChI is InChI=1S/C43H44N6O8/c1-29(50)35(42(51)57-25-33-20-12-5-13-21-33)47-43(52)48-39-36-40(45-27-44-39)49(28-46-36)41-38(55-24-32-18-10-4-11-19-32)37(54-23-31-16-8-3-9-17-31)34(26-56-41)53-22-30-14-6-2-7-15-30/h2-21,27-29,34-35,37-38,41,50H,22-26H2,1H3,(H2,44,45,47,48,52)/t29-,34?,35+,37?,38?,41?/m1/s1. The largest absolute Gasteiger partial charge is 0.459 e. The second-order valence-electron chi connectivity index (χ2n) is 13.5. The van der Waals surface area contributed by atoms with Crippen LogP contribution < -0.4 is 10.6 Å². The molecular weight excluding hydrogens is 729 g/mol. The molecule has 4 aromatic carbocycles. The van der Waals surface area contributed by atoms with Crippen LogP contribution in [0.1, 0.15) is 35.4 Å². The number of hydrogen-bond acceptors (Lipinski definition) is 11. The molecule has 14 nitrogen and oxygen atoms in total. The number of fused-ring (bicyclic) bond motifs is 1. The summed E-state index contributed by atoms with van der Waals surface area (Å²) in [6.07, 6.45) is -1.02. The van der Waals surface area contributed by atoms with Gasteiger partial charge in [-0.3, -0.25) is 9.88 Å². The number of benzene rings is 4. The molecule has 4 unspecified atom stereocenters. The maximum Gasteiger partial charge on any atom is 0.331 e. The van der Waals surface area contributed by atoms with Gasteiger partial charge in [0, 0.05) is 0 Å². The summed E-state index contributed by atoms with van der Waals surface area (Å²) in [5, 5.41) is 15.5. The van der Waals surface area contributed by atoms with E-state index in [-0.39, 0.29) is 31.2 Å². The van der Waals surface area contributed by atoms with E-state index in [0.717, 1.165) is 22.3 Å². The highest BCUT2D eigenvalue weighted by atomic mass is 16.6. The zero-order chi connectivity index (χ0) is 39.4. The fraction of sp³-hybridized carbons (Fsp3) is 0.279. The maximum atomic E-state index is 13.3. The third-order valence-electron chi connectivity index (χ3n) is 9.39. The van der Waals surface area contributed by atoms with Crippen LogP contribution in [0.5, 0.6) is 0 Å². The lowest BCUT2D eigenvalue weighted by Gasteiger charge is -2.42. The molecule has 1 aliphatic heterocycles. The van der Waals surface area contributed by atoms with Crippen molar-refractivity contribution in [1.29, 1.82) is 0 Å². The number of anilines is 1. The van der Waals surface area contributed by atoms with Gasteiger partial charge in [-0.05, 0) is 29.2 Å². The number of ether oxygens (including phenoxy) is 5. The van der Waals surface area contributed by atoms with Crippen molar-refractivity contribution in [2.45, 2.75) is 70.0 Å². The van der Waals surface area contributed by atoms with Crippen LogP contribution in [0.15, 0.2) is 134 Å². The lowest BCUT2D eigenvalue weighted by molar-refractivity contribution is -0.255. The number of esters is 1. The Balaban J connectivity index is 1.13. The molecule has 0 saturated carbocycles. The lowest BCUT2D eigenvalue weighted by Crippen LogP contribution is -2.54. The van der Waals surface area contributed by atoms with Crippen LogP contribution in [0.3, 0.4) is 0 Å². The molecular formula is C43H44N6O8. The molecule has 1 saturated heterocycles. The first-order chi connectivity index (χ1) is 27.9. The van der Waals surface area contributed by atoms with Gasteiger partial charge < -0.3 is 34.1 Å². The smallest absolute Gasteiger partial charge is 0.331 e. The number of carbonyl (C=O) groups is 2. The van der Waals surface area contributed by atoms with Gasteiger partial charge in [-0.1, -0.05) is 121 Å². The van der Waals surface area contributed by atoms with Gasteiger partial charge in [0.15, 0.2) is 29.3 Å². The van der Waals surface area contributed by atoms with Crippen LogP contribution in [0.2, 0.25) is 0 Å². The minimum atomic E-state index is -1.35. The van der Waals surface area contributed by atoms with Gasteiger partial charge in [-0.15, -0.1) is 0 Å². The number of nitrogens with zero attached hydrogens (tertiary/aromatic N) is 4. The predicted molar refractivity (Wildman–Crippen MR) is 209 cm³/mol. The average molecular weight is 773 g/mol. The molecule has 0 radical (unpaired) electrons. The number of rotatable bonds is 16. The molecule has 14 heteroatoms. The summed E-state index contributed by atoms with van der Waals surface area (Å²) >= 11 is 0. The van der Waals surface area contributed by atoms with Crippen LogP contribution in [-0.2, 0) is 54.9 Å². The van der Waals surface area contributed by atoms with Gasteiger partial charge in [0.25, 0.3) is 0 Å². The molecule has 294 valence electrons. The molecule has 1 fully saturated rings. The van der Waals surface area contributed by atoms with E-state index in [2.05, 4.69) is 25.6 Å². The summed E-state index contributed by atoms with van der Waals surface area (Å²) in [7, 11) is 0. The summed E-state index contributed by atoms with van der Waals surface area (Å²) in [4.78, 5) is 39.5. The van der Waals surface area contributed by atoms with Crippen molar-refractivity contribution in [2.75, 3.05) is 11.9 Å². The molecule has 7 rings (SSSR count). The molecule has 2 aromatic heterocycles. The van der Waals surface area contributed by atoms with Gasteiger partial charge in [-0.2, -0.15) is 0 Å². The van der Waals surface area contributed by atoms with E-state index in [9.17, 15) is 14.7 Å². The van der Waals surface area contributed by atoms with Crippen molar-refractivity contribution >= 4 is 29.0 Å². The molecule has 0 bridgehead atoms. The number of amides is 2. The van der Waals surface area contributed by atoms with Crippen molar-refractivity contribution < 1.29 is 38.4 Å². The zero-order valence-corrected chi connectivity index (χ0v) is 31.3. The first-order valence-electron chi connectivity index (χ1n) is 18.6. The Morgan fingerprint density at radius 3 is 1.82 bits per heavy atom. The monoisotopic (exact) mass is 772 g/mol. The fourth-order valence-electron chi connectivity index (χ4n) is 6.44. The molecule has 0 aliphatic carbocycles. The molecule has 2 amide bonds. The van der Waals surface area contributed by atoms with Gasteiger partial charge in [0.05, 0.1) is 38.9 Å². The SMILES string of the molecule is C[C@@H](O)[C@H](NC(=O)Nc1ncnc2c1ncn2C1OCC(OCc2ccccc2)C(OCc2ccccc2)C1OCc1ccccc1)C(=O)OCc1ccccc1. The van der Waals surface area contributed by atoms with Gasteiger partial charge in [0.2, 0.25) is 0 Å². The highest BCUT2D eigenvalue weighted by molar-refractivity contribution is 5.97. The molecule has 6 aromatic rings. The number of hydrogen-bond donors (Lipinski definition) is 3. The number of carbonyl (C=O) groups excluding carboxylic acids is 2. The fourth-order valence-corrected chi connectivity index (χ4v) is 6.44. The van der Waals surface area contributed by atoms with Crippen LogP contribution in [0, 0.1) is 0 Å². The van der Waals surface area contributed by atoms with Gasteiger partial charge in [-0.25, -0.2) is 24.5 Å². The molecule has 0 spiro atoms. The van der Waals surface area contributed by atoms with E-state index in [1.165, 1.54) is 13.3 Å². The van der Waals surface area contributed by atoms with Crippen LogP contribution in [0.25, 0.3) is 11.2 Å². The van der Waals surface area contributed by atoms with Crippen LogP contribution in [-0.4, -0.2) is 73.7 Å². The quantitative estimate of drug-likeness (QED) is 0.103. The van der Waals surface area contributed by atoms with E-state index < -0.39 is 48.7 Å². The predicted octanol–water partition coefficient (Wildman–Crippen LogP) is 5.73. The number of aliphatic hydroxyl groups is 1. The normalized spacial score (nSPS) is 19.1. The number of aromatic nitrogens is 4. The van der Waals surface area contributed by atoms with Gasteiger partial charge in [0.1, 0.15) is 31.2 Å². The average Bonchev–Trinajstić information content (AvgIpc) is 3.69. The van der Waals surface area contributed by atoms with Crippen molar-refractivity contribution in [2.24, 2.45) is 0 Å². The van der Waals surface area contributed by atoms with Gasteiger partial charge >= 0.3 is 12.0 Å². The van der Waals surface area contributed by atoms with Crippen molar-refractivity contribution in [3.8, 4) is 0 Å². The minimum Gasteiger partial charge on any atom is -0.459 e. The summed E-state index contributed by atoms with van der Waals surface area (Å²) in [6, 6.07) is 36.5. The Bertz CT molecular complexity index is 2180. The van der Waals surface area contributed by atoms with E-state index >= 15 is 0 Å². The third kappa shape index (κ3) is 10.2. The number of imidazole rings is 1. The second kappa shape index (κ2) is 19.2. The lowest BCUT2D eigenvalue weighted by atomic mass is 10.0. The third-order valence-corrected chi connectivity index (χ3v) is 9.39. The summed E-state index contributed by atoms with van der Waals surface area (Å²) in [5.41, 5.74) is 4.31. The molecule has 3 heterocycles. The maximum absolute atomic E-state index is 13.3. The van der Waals surface area contributed by atoms with E-state index in [1.54, 1.807) is 23.0 Å². The second-order valence-corrected chi connectivity index (χ2v) is 13.5. The number of aliphatic hydroxyl groups excluding tert-OH is 1. The number of urea groups is 1. The van der Waals surface area contributed by atoms with Crippen molar-refractivity contribution in [1.82, 2.24) is 24.8 Å². The summed E-state index contributed by atoms with van der Waals surface area (Å²) in [5.74, 6) is -0.732. The van der Waals surface area contributed by atoms with E-state index in [4.69, 9.17) is 23.7 Å². The number of nitrogens with one attached hydrogen (secondary N) is 2. The van der Waals surface area contributed by atoms with Crippen LogP contribution in [0.4, 0.5) is 10.6 Å². The first-order valence-corrected chi connectivity index (χ1v) is 18.6. The Morgan fingerprint density at radius 1 is 0.737 bits per heavy atom. The minimum absolute atomic E-state index is 0.0203. The Hall–Kier alpha value is -6.03. The van der Waals surface area contributed by atoms with E-state index in [1.807, 2.05) is 109 Å². The Morgan fingerprint density at radius 2 is 1.26 bits per heavy atom. The van der Waals surface area contributed by atoms with Crippen LogP contribution >= 0.6 is 0 Å². The summed E-state index contributed by atoms with van der Waals surface area (Å²) in [6.45, 7) is 2.44. The van der Waals surface area contributed by atoms with Crippen molar-refractivity contribution in [3.63, 3.8) is 0 Å². The molecule has 6 atom stereocenters. The highest BCUT2D eigenvalue weighted by Crippen LogP contribution is 2.34. The summed E-state index contributed by atoms with van der Waals surface area (Å²) < 4.78 is 33.5. The van der Waals surface area contributed by atoms with Crippen molar-refractivity contribution in [3.05, 3.63) is 156 Å². The first kappa shape index (κ1) is 39.2. The Kier molecular flexibility index (Phi) is 13.2. The molecule has 1 aliphatic rings. The Labute approximate surface area is 329 Å². The topological polar surface area (TPSA) is 168 Å².